The third kappa shape index (κ3) is 4.04. The summed E-state index contributed by atoms with van der Waals surface area (Å²) in [5.74, 6) is 0.375. The number of allylic oxidation sites excluding steroid dienone is 1. The van der Waals surface area contributed by atoms with Gasteiger partial charge in [0.15, 0.2) is 19.3 Å². The zero-order valence-electron chi connectivity index (χ0n) is 17.3. The molecule has 0 fully saturated rings. The van der Waals surface area contributed by atoms with Crippen molar-refractivity contribution in [3.63, 3.8) is 0 Å². The molecule has 1 aromatic carbocycles. The number of carbonyl (C=O) groups excluding carboxylic acids is 1. The summed E-state index contributed by atoms with van der Waals surface area (Å²) in [5.41, 5.74) is 4.48. The Labute approximate surface area is 167 Å². The predicted octanol–water partition coefficient (Wildman–Crippen LogP) is 4.38. The maximum atomic E-state index is 11.7. The molecule has 0 amide bonds. The number of benzene rings is 1. The summed E-state index contributed by atoms with van der Waals surface area (Å²) in [6, 6.07) is 8.14. The number of fused-ring (bicyclic) bond motifs is 3. The van der Waals surface area contributed by atoms with Crippen molar-refractivity contribution in [1.29, 1.82) is 0 Å². The van der Waals surface area contributed by atoms with Crippen LogP contribution in [0.2, 0.25) is 0 Å². The number of rotatable bonds is 7. The second-order valence-electron chi connectivity index (χ2n) is 7.42. The molecule has 7 nitrogen and oxygen atoms in total. The van der Waals surface area contributed by atoms with Crippen LogP contribution in [-0.4, -0.2) is 31.6 Å². The van der Waals surface area contributed by atoms with E-state index in [-0.39, 0.29) is 25.4 Å². The standard InChI is InChI=1S/C21H31N3O4/c1-6-14(5)18-15(7-2)19(26-12-27-21(25)28-13(3)4)24-17-11-9-8-10-16(17)22-20(24)23-18/h8-11,13-14,19-20,22-23H,6-7,12H2,1-5H3. The third-order valence-corrected chi connectivity index (χ3v) is 5.16. The van der Waals surface area contributed by atoms with Crippen LogP contribution in [0.25, 0.3) is 0 Å². The highest BCUT2D eigenvalue weighted by Gasteiger charge is 2.41. The van der Waals surface area contributed by atoms with E-state index in [1.807, 2.05) is 12.1 Å². The van der Waals surface area contributed by atoms with Gasteiger partial charge in [0.25, 0.3) is 0 Å². The second kappa shape index (κ2) is 8.73. The Balaban J connectivity index is 1.85. The zero-order valence-corrected chi connectivity index (χ0v) is 17.3. The van der Waals surface area contributed by atoms with Crippen molar-refractivity contribution >= 4 is 17.5 Å². The molecule has 3 atom stereocenters. The summed E-state index contributed by atoms with van der Waals surface area (Å²) in [6.45, 7) is 9.91. The van der Waals surface area contributed by atoms with E-state index in [1.54, 1.807) is 13.8 Å². The molecule has 2 heterocycles. The molecule has 0 aromatic heterocycles. The average Bonchev–Trinajstić information content (AvgIpc) is 3.04. The monoisotopic (exact) mass is 389 g/mol. The summed E-state index contributed by atoms with van der Waals surface area (Å²) in [6.07, 6.45) is 0.472. The Hall–Kier alpha value is -2.41. The van der Waals surface area contributed by atoms with E-state index >= 15 is 0 Å². The fourth-order valence-corrected chi connectivity index (χ4v) is 3.67. The number of hydrogen-bond acceptors (Lipinski definition) is 7. The molecule has 1 aromatic rings. The van der Waals surface area contributed by atoms with Crippen LogP contribution in [0.5, 0.6) is 0 Å². The molecule has 2 aliphatic rings. The fourth-order valence-electron chi connectivity index (χ4n) is 3.67. The number of nitrogens with zero attached hydrogens (tertiary/aromatic N) is 1. The molecule has 0 radical (unpaired) electrons. The lowest BCUT2D eigenvalue weighted by atomic mass is 9.95. The van der Waals surface area contributed by atoms with Gasteiger partial charge in [-0.25, -0.2) is 4.79 Å². The largest absolute Gasteiger partial charge is 0.510 e. The topological polar surface area (TPSA) is 72.1 Å². The second-order valence-corrected chi connectivity index (χ2v) is 7.42. The van der Waals surface area contributed by atoms with Crippen molar-refractivity contribution in [2.45, 2.75) is 66.1 Å². The quantitative estimate of drug-likeness (QED) is 0.530. The van der Waals surface area contributed by atoms with Crippen LogP contribution in [0, 0.1) is 5.92 Å². The van der Waals surface area contributed by atoms with E-state index in [0.717, 1.165) is 24.2 Å². The molecule has 7 heteroatoms. The first-order chi connectivity index (χ1) is 13.5. The minimum Gasteiger partial charge on any atom is -0.432 e. The van der Waals surface area contributed by atoms with Gasteiger partial charge in [0.05, 0.1) is 17.5 Å². The number of anilines is 2. The van der Waals surface area contributed by atoms with Gasteiger partial charge in [-0.05, 0) is 50.3 Å². The first-order valence-corrected chi connectivity index (χ1v) is 10.0. The van der Waals surface area contributed by atoms with Crippen LogP contribution >= 0.6 is 0 Å². The van der Waals surface area contributed by atoms with Gasteiger partial charge in [0.2, 0.25) is 0 Å². The van der Waals surface area contributed by atoms with Gasteiger partial charge in [0.1, 0.15) is 0 Å². The number of carbonyl (C=O) groups is 1. The summed E-state index contributed by atoms with van der Waals surface area (Å²) in [7, 11) is 0. The van der Waals surface area contributed by atoms with Gasteiger partial charge in [-0.1, -0.05) is 32.9 Å². The molecule has 3 rings (SSSR count). The van der Waals surface area contributed by atoms with Crippen LogP contribution in [0.3, 0.4) is 0 Å². The van der Waals surface area contributed by atoms with Crippen LogP contribution < -0.4 is 15.5 Å². The lowest BCUT2D eigenvalue weighted by Gasteiger charge is -2.43. The lowest BCUT2D eigenvalue weighted by Crippen LogP contribution is -2.58. The maximum absolute atomic E-state index is 11.7. The fraction of sp³-hybridized carbons (Fsp3) is 0.571. The highest BCUT2D eigenvalue weighted by molar-refractivity contribution is 5.77. The minimum atomic E-state index is -0.718. The van der Waals surface area contributed by atoms with E-state index in [2.05, 4.69) is 48.4 Å². The minimum absolute atomic E-state index is 0.107. The van der Waals surface area contributed by atoms with Gasteiger partial charge >= 0.3 is 6.16 Å². The molecular formula is C21H31N3O4. The molecule has 28 heavy (non-hydrogen) atoms. The molecule has 3 unspecified atom stereocenters. The summed E-state index contributed by atoms with van der Waals surface area (Å²) in [4.78, 5) is 13.9. The lowest BCUT2D eigenvalue weighted by molar-refractivity contribution is -0.0757. The van der Waals surface area contributed by atoms with E-state index in [9.17, 15) is 4.79 Å². The SMILES string of the molecule is CCC1=C(C(C)CC)NC2Nc3ccccc3N2C1OCOC(=O)OC(C)C. The average molecular weight is 389 g/mol. The molecule has 0 saturated carbocycles. The number of ether oxygens (including phenoxy) is 3. The molecule has 0 bridgehead atoms. The Kier molecular flexibility index (Phi) is 6.34. The van der Waals surface area contributed by atoms with Gasteiger partial charge in [-0.15, -0.1) is 0 Å². The molecule has 0 spiro atoms. The van der Waals surface area contributed by atoms with E-state index in [4.69, 9.17) is 14.2 Å². The Morgan fingerprint density at radius 1 is 1.18 bits per heavy atom. The Bertz CT molecular complexity index is 734. The van der Waals surface area contributed by atoms with Crippen LogP contribution in [0.4, 0.5) is 16.2 Å². The van der Waals surface area contributed by atoms with Gasteiger partial charge in [-0.3, -0.25) is 0 Å². The highest BCUT2D eigenvalue weighted by Crippen LogP contribution is 2.41. The van der Waals surface area contributed by atoms with Crippen LogP contribution in [0.15, 0.2) is 35.5 Å². The van der Waals surface area contributed by atoms with E-state index in [1.165, 1.54) is 11.3 Å². The first-order valence-electron chi connectivity index (χ1n) is 10.0. The molecule has 154 valence electrons. The van der Waals surface area contributed by atoms with Crippen molar-refractivity contribution in [3.05, 3.63) is 35.5 Å². The summed E-state index contributed by atoms with van der Waals surface area (Å²) >= 11 is 0. The molecule has 2 N–H and O–H groups in total. The molecule has 2 aliphatic heterocycles. The predicted molar refractivity (Wildman–Crippen MR) is 109 cm³/mol. The Morgan fingerprint density at radius 3 is 2.61 bits per heavy atom. The number of hydrogen-bond donors (Lipinski definition) is 2. The normalized spacial score (nSPS) is 21.6. The molecule has 0 saturated heterocycles. The summed E-state index contributed by atoms with van der Waals surface area (Å²) in [5, 5.41) is 7.16. The summed E-state index contributed by atoms with van der Waals surface area (Å²) < 4.78 is 16.3. The first kappa shape index (κ1) is 20.3. The van der Waals surface area contributed by atoms with Crippen molar-refractivity contribution in [2.24, 2.45) is 5.92 Å². The Morgan fingerprint density at radius 2 is 1.93 bits per heavy atom. The van der Waals surface area contributed by atoms with Crippen molar-refractivity contribution < 1.29 is 19.0 Å². The van der Waals surface area contributed by atoms with Gasteiger partial charge < -0.3 is 29.7 Å². The van der Waals surface area contributed by atoms with Crippen molar-refractivity contribution in [3.8, 4) is 0 Å². The van der Waals surface area contributed by atoms with Gasteiger partial charge in [0, 0.05) is 5.70 Å². The molecule has 0 aliphatic carbocycles. The van der Waals surface area contributed by atoms with Crippen molar-refractivity contribution in [2.75, 3.05) is 17.0 Å². The number of nitrogens with one attached hydrogen (secondary N) is 2. The number of para-hydroxylation sites is 2. The maximum Gasteiger partial charge on any atom is 0.510 e. The molecular weight excluding hydrogens is 358 g/mol. The van der Waals surface area contributed by atoms with Gasteiger partial charge in [-0.2, -0.15) is 0 Å². The van der Waals surface area contributed by atoms with Crippen LogP contribution in [0.1, 0.15) is 47.5 Å². The zero-order chi connectivity index (χ0) is 20.3. The van der Waals surface area contributed by atoms with Crippen LogP contribution in [-0.2, 0) is 14.2 Å². The highest BCUT2D eigenvalue weighted by atomic mass is 16.8. The van der Waals surface area contributed by atoms with E-state index < -0.39 is 6.16 Å². The van der Waals surface area contributed by atoms with Crippen molar-refractivity contribution in [1.82, 2.24) is 5.32 Å². The van der Waals surface area contributed by atoms with E-state index in [0.29, 0.717) is 5.92 Å². The smallest absolute Gasteiger partial charge is 0.432 e. The third-order valence-electron chi connectivity index (χ3n) is 5.16.